The highest BCUT2D eigenvalue weighted by Crippen LogP contribution is 2.39. The van der Waals surface area contributed by atoms with Crippen molar-refractivity contribution in [2.24, 2.45) is 5.73 Å². The van der Waals surface area contributed by atoms with E-state index in [1.54, 1.807) is 48.5 Å². The maximum Gasteiger partial charge on any atom is 0.319 e. The number of rotatable bonds is 5. The van der Waals surface area contributed by atoms with Crippen molar-refractivity contribution in [2.45, 2.75) is 19.3 Å². The van der Waals surface area contributed by atoms with Gasteiger partial charge in [-0.3, -0.25) is 19.7 Å². The molecular weight excluding hydrogens is 414 g/mol. The van der Waals surface area contributed by atoms with Gasteiger partial charge in [0.1, 0.15) is 5.00 Å². The molecule has 1 aromatic heterocycles. The van der Waals surface area contributed by atoms with Crippen LogP contribution in [0.15, 0.2) is 54.6 Å². The standard InChI is InChI=1S/C23H19N3O4S/c24-23(30)26-21(29)18-16-7-4-8-17(16)31-22(18)25-20(28)15-11-9-14(10-12-15)19(27)13-5-2-1-3-6-13/h1-3,5-6,9-12H,4,7-8H2,(H,25,28)(H3,24,26,29,30). The number of imide groups is 1. The summed E-state index contributed by atoms with van der Waals surface area (Å²) in [6.07, 6.45) is 2.45. The number of carbonyl (C=O) groups excluding carboxylic acids is 4. The van der Waals surface area contributed by atoms with E-state index in [-0.39, 0.29) is 5.78 Å². The maximum absolute atomic E-state index is 12.8. The number of fused-ring (bicyclic) bond motifs is 1. The van der Waals surface area contributed by atoms with Crippen LogP contribution in [0.4, 0.5) is 9.80 Å². The molecule has 7 nitrogen and oxygen atoms in total. The second-order valence-corrected chi connectivity index (χ2v) is 8.21. The second kappa shape index (κ2) is 8.53. The monoisotopic (exact) mass is 433 g/mol. The first-order valence-corrected chi connectivity index (χ1v) is 10.5. The zero-order valence-electron chi connectivity index (χ0n) is 16.4. The Morgan fingerprint density at radius 1 is 0.806 bits per heavy atom. The normalized spacial score (nSPS) is 12.1. The number of urea groups is 1. The Labute approximate surface area is 182 Å². The number of benzene rings is 2. The van der Waals surface area contributed by atoms with Crippen molar-refractivity contribution < 1.29 is 19.2 Å². The first kappa shape index (κ1) is 20.5. The largest absolute Gasteiger partial charge is 0.351 e. The molecule has 4 amide bonds. The van der Waals surface area contributed by atoms with Crippen molar-refractivity contribution in [3.63, 3.8) is 0 Å². The molecule has 0 fully saturated rings. The summed E-state index contributed by atoms with van der Waals surface area (Å²) in [5, 5.41) is 5.24. The average Bonchev–Trinajstić information content (AvgIpc) is 3.34. The summed E-state index contributed by atoms with van der Waals surface area (Å²) < 4.78 is 0. The lowest BCUT2D eigenvalue weighted by Crippen LogP contribution is -2.35. The summed E-state index contributed by atoms with van der Waals surface area (Å²) in [5.74, 6) is -1.16. The second-order valence-electron chi connectivity index (χ2n) is 7.11. The van der Waals surface area contributed by atoms with Gasteiger partial charge in [0.2, 0.25) is 0 Å². The number of thiophene rings is 1. The van der Waals surface area contributed by atoms with Crippen LogP contribution >= 0.6 is 11.3 Å². The van der Waals surface area contributed by atoms with E-state index in [2.05, 4.69) is 10.6 Å². The zero-order valence-corrected chi connectivity index (χ0v) is 17.3. The zero-order chi connectivity index (χ0) is 22.0. The minimum Gasteiger partial charge on any atom is -0.351 e. The third-order valence-corrected chi connectivity index (χ3v) is 6.26. The molecule has 0 spiro atoms. The Bertz CT molecular complexity index is 1180. The Morgan fingerprint density at radius 2 is 1.45 bits per heavy atom. The number of amides is 4. The molecule has 1 heterocycles. The summed E-state index contributed by atoms with van der Waals surface area (Å²) in [5.41, 5.74) is 7.61. The lowest BCUT2D eigenvalue weighted by Gasteiger charge is -2.08. The van der Waals surface area contributed by atoms with Crippen LogP contribution in [0.5, 0.6) is 0 Å². The highest BCUT2D eigenvalue weighted by Gasteiger charge is 2.28. The van der Waals surface area contributed by atoms with E-state index in [1.165, 1.54) is 11.3 Å². The predicted octanol–water partition coefficient (Wildman–Crippen LogP) is 3.53. The Kier molecular flexibility index (Phi) is 5.64. The number of aryl methyl sites for hydroxylation is 1. The van der Waals surface area contributed by atoms with Gasteiger partial charge in [0.15, 0.2) is 5.78 Å². The lowest BCUT2D eigenvalue weighted by molar-refractivity contribution is 0.0965. The number of anilines is 1. The quantitative estimate of drug-likeness (QED) is 0.533. The van der Waals surface area contributed by atoms with Gasteiger partial charge in [-0.15, -0.1) is 11.3 Å². The van der Waals surface area contributed by atoms with Crippen molar-refractivity contribution in [1.29, 1.82) is 0 Å². The number of carbonyl (C=O) groups is 4. The molecule has 1 aliphatic carbocycles. The molecule has 0 atom stereocenters. The van der Waals surface area contributed by atoms with Gasteiger partial charge in [-0.05, 0) is 37.0 Å². The summed E-state index contributed by atoms with van der Waals surface area (Å²) >= 11 is 1.33. The smallest absolute Gasteiger partial charge is 0.319 e. The van der Waals surface area contributed by atoms with Crippen molar-refractivity contribution in [2.75, 3.05) is 5.32 Å². The molecule has 0 unspecified atom stereocenters. The van der Waals surface area contributed by atoms with E-state index in [1.807, 2.05) is 6.07 Å². The molecule has 0 saturated heterocycles. The first-order chi connectivity index (χ1) is 14.9. The molecule has 2 aromatic carbocycles. The number of nitrogens with one attached hydrogen (secondary N) is 2. The van der Waals surface area contributed by atoms with Crippen LogP contribution in [0.3, 0.4) is 0 Å². The first-order valence-electron chi connectivity index (χ1n) is 9.70. The van der Waals surface area contributed by atoms with Crippen LogP contribution in [0.1, 0.15) is 53.5 Å². The molecule has 0 saturated carbocycles. The number of nitrogens with two attached hydrogens (primary N) is 1. The SMILES string of the molecule is NC(=O)NC(=O)c1c(NC(=O)c2ccc(C(=O)c3ccccc3)cc2)sc2c1CCC2. The van der Waals surface area contributed by atoms with Crippen LogP contribution < -0.4 is 16.4 Å². The molecule has 3 aromatic rings. The Balaban J connectivity index is 1.54. The number of hydrogen-bond donors (Lipinski definition) is 3. The topological polar surface area (TPSA) is 118 Å². The fourth-order valence-electron chi connectivity index (χ4n) is 3.61. The fourth-order valence-corrected chi connectivity index (χ4v) is 4.89. The van der Waals surface area contributed by atoms with Gasteiger partial charge in [-0.1, -0.05) is 42.5 Å². The van der Waals surface area contributed by atoms with Gasteiger partial charge >= 0.3 is 6.03 Å². The summed E-state index contributed by atoms with van der Waals surface area (Å²) in [6.45, 7) is 0. The highest BCUT2D eigenvalue weighted by atomic mass is 32.1. The average molecular weight is 433 g/mol. The molecule has 8 heteroatoms. The van der Waals surface area contributed by atoms with Crippen molar-refractivity contribution in [1.82, 2.24) is 5.32 Å². The van der Waals surface area contributed by atoms with Crippen LogP contribution in [0.25, 0.3) is 0 Å². The Morgan fingerprint density at radius 3 is 2.13 bits per heavy atom. The van der Waals surface area contributed by atoms with Gasteiger partial charge in [0.25, 0.3) is 11.8 Å². The van der Waals surface area contributed by atoms with E-state index < -0.39 is 17.8 Å². The van der Waals surface area contributed by atoms with E-state index >= 15 is 0 Å². The molecule has 0 aliphatic heterocycles. The molecule has 4 rings (SSSR count). The molecule has 156 valence electrons. The number of hydrogen-bond acceptors (Lipinski definition) is 5. The molecule has 0 radical (unpaired) electrons. The van der Waals surface area contributed by atoms with Crippen LogP contribution in [0.2, 0.25) is 0 Å². The van der Waals surface area contributed by atoms with Crippen molar-refractivity contribution >= 4 is 40.0 Å². The van der Waals surface area contributed by atoms with Gasteiger partial charge in [0.05, 0.1) is 5.56 Å². The van der Waals surface area contributed by atoms with Crippen molar-refractivity contribution in [3.05, 3.63) is 87.3 Å². The fraction of sp³-hybridized carbons (Fsp3) is 0.130. The maximum atomic E-state index is 12.8. The minimum atomic E-state index is -0.945. The van der Waals surface area contributed by atoms with Crippen LogP contribution in [0, 0.1) is 0 Å². The lowest BCUT2D eigenvalue weighted by atomic mass is 10.0. The van der Waals surface area contributed by atoms with E-state index in [9.17, 15) is 19.2 Å². The molecule has 31 heavy (non-hydrogen) atoms. The molecule has 4 N–H and O–H groups in total. The van der Waals surface area contributed by atoms with Gasteiger partial charge < -0.3 is 11.1 Å². The summed E-state index contributed by atoms with van der Waals surface area (Å²) in [4.78, 5) is 49.9. The van der Waals surface area contributed by atoms with Crippen molar-refractivity contribution in [3.8, 4) is 0 Å². The molecule has 0 bridgehead atoms. The highest BCUT2D eigenvalue weighted by molar-refractivity contribution is 7.17. The summed E-state index contributed by atoms with van der Waals surface area (Å²) in [7, 11) is 0. The number of ketones is 1. The minimum absolute atomic E-state index is 0.132. The molecular formula is C23H19N3O4S. The van der Waals surface area contributed by atoms with Crippen LogP contribution in [-0.4, -0.2) is 23.6 Å². The van der Waals surface area contributed by atoms with Gasteiger partial charge in [-0.25, -0.2) is 4.79 Å². The van der Waals surface area contributed by atoms with E-state index in [0.717, 1.165) is 23.3 Å². The van der Waals surface area contributed by atoms with Crippen LogP contribution in [-0.2, 0) is 12.8 Å². The number of primary amides is 1. The van der Waals surface area contributed by atoms with E-state index in [4.69, 9.17) is 5.73 Å². The predicted molar refractivity (Wildman–Crippen MR) is 118 cm³/mol. The van der Waals surface area contributed by atoms with E-state index in [0.29, 0.717) is 33.7 Å². The van der Waals surface area contributed by atoms with Gasteiger partial charge in [-0.2, -0.15) is 0 Å². The molecule has 1 aliphatic rings. The van der Waals surface area contributed by atoms with Gasteiger partial charge in [0, 0.05) is 21.6 Å². The summed E-state index contributed by atoms with van der Waals surface area (Å²) in [6, 6.07) is 14.3. The third-order valence-electron chi connectivity index (χ3n) is 5.06. The third kappa shape index (κ3) is 4.24. The Hall–Kier alpha value is -3.78.